The third kappa shape index (κ3) is 2.76. The molecule has 20 heavy (non-hydrogen) atoms. The topological polar surface area (TPSA) is 38.3 Å². The van der Waals surface area contributed by atoms with E-state index in [1.165, 1.54) is 25.0 Å². The SMILES string of the molecule is O=C(Nc1ccc(OC(F)F)cc1)C1CC2CCC1C2. The van der Waals surface area contributed by atoms with Crippen LogP contribution in [-0.2, 0) is 4.79 Å². The van der Waals surface area contributed by atoms with Crippen LogP contribution in [0.2, 0.25) is 0 Å². The van der Waals surface area contributed by atoms with Gasteiger partial charge in [0.2, 0.25) is 5.91 Å². The number of halogens is 2. The Morgan fingerprint density at radius 2 is 1.95 bits per heavy atom. The van der Waals surface area contributed by atoms with Crippen molar-refractivity contribution in [1.29, 1.82) is 0 Å². The number of alkyl halides is 2. The van der Waals surface area contributed by atoms with Crippen molar-refractivity contribution in [1.82, 2.24) is 0 Å². The number of carbonyl (C=O) groups excluding carboxylic acids is 1. The predicted molar refractivity (Wildman–Crippen MR) is 70.6 cm³/mol. The van der Waals surface area contributed by atoms with Gasteiger partial charge in [-0.05, 0) is 55.4 Å². The second kappa shape index (κ2) is 5.38. The molecule has 0 saturated heterocycles. The zero-order valence-corrected chi connectivity index (χ0v) is 11.0. The number of anilines is 1. The maximum atomic E-state index is 12.2. The van der Waals surface area contributed by atoms with E-state index in [0.29, 0.717) is 11.6 Å². The average molecular weight is 281 g/mol. The van der Waals surface area contributed by atoms with E-state index in [4.69, 9.17) is 0 Å². The molecule has 0 aromatic heterocycles. The van der Waals surface area contributed by atoms with E-state index in [1.807, 2.05) is 0 Å². The Balaban J connectivity index is 1.59. The first-order valence-electron chi connectivity index (χ1n) is 6.97. The molecule has 3 nitrogen and oxygen atoms in total. The average Bonchev–Trinajstić information content (AvgIpc) is 3.03. The molecule has 2 bridgehead atoms. The Bertz CT molecular complexity index is 489. The molecule has 1 amide bonds. The summed E-state index contributed by atoms with van der Waals surface area (Å²) in [6, 6.07) is 6.04. The number of hydrogen-bond donors (Lipinski definition) is 1. The molecule has 1 aromatic carbocycles. The number of carbonyl (C=O) groups is 1. The van der Waals surface area contributed by atoms with Gasteiger partial charge in [-0.3, -0.25) is 4.79 Å². The van der Waals surface area contributed by atoms with Crippen LogP contribution < -0.4 is 10.1 Å². The second-order valence-corrected chi connectivity index (χ2v) is 5.67. The zero-order chi connectivity index (χ0) is 14.1. The van der Waals surface area contributed by atoms with Crippen molar-refractivity contribution >= 4 is 11.6 Å². The quantitative estimate of drug-likeness (QED) is 0.914. The first-order valence-corrected chi connectivity index (χ1v) is 6.97. The summed E-state index contributed by atoms with van der Waals surface area (Å²) in [6.07, 6.45) is 4.58. The van der Waals surface area contributed by atoms with E-state index >= 15 is 0 Å². The summed E-state index contributed by atoms with van der Waals surface area (Å²) in [5.41, 5.74) is 0.624. The Kier molecular flexibility index (Phi) is 3.59. The smallest absolute Gasteiger partial charge is 0.387 e. The number of fused-ring (bicyclic) bond motifs is 2. The van der Waals surface area contributed by atoms with E-state index in [9.17, 15) is 13.6 Å². The van der Waals surface area contributed by atoms with Crippen LogP contribution in [0.3, 0.4) is 0 Å². The third-order valence-electron chi connectivity index (χ3n) is 4.42. The molecule has 1 N–H and O–H groups in total. The summed E-state index contributed by atoms with van der Waals surface area (Å²) >= 11 is 0. The number of nitrogens with one attached hydrogen (secondary N) is 1. The molecule has 0 aliphatic heterocycles. The maximum absolute atomic E-state index is 12.2. The molecule has 0 radical (unpaired) electrons. The van der Waals surface area contributed by atoms with Gasteiger partial charge in [-0.1, -0.05) is 6.42 Å². The van der Waals surface area contributed by atoms with E-state index in [1.54, 1.807) is 12.1 Å². The predicted octanol–water partition coefficient (Wildman–Crippen LogP) is 3.66. The largest absolute Gasteiger partial charge is 0.435 e. The Hall–Kier alpha value is -1.65. The second-order valence-electron chi connectivity index (χ2n) is 5.67. The van der Waals surface area contributed by atoms with Crippen molar-refractivity contribution in [3.63, 3.8) is 0 Å². The Morgan fingerprint density at radius 1 is 1.20 bits per heavy atom. The van der Waals surface area contributed by atoms with Gasteiger partial charge in [0.05, 0.1) is 0 Å². The number of hydrogen-bond acceptors (Lipinski definition) is 2. The molecule has 3 unspecified atom stereocenters. The maximum Gasteiger partial charge on any atom is 0.387 e. The van der Waals surface area contributed by atoms with Gasteiger partial charge >= 0.3 is 6.61 Å². The summed E-state index contributed by atoms with van der Waals surface area (Å²) in [5.74, 6) is 1.52. The standard InChI is InChI=1S/C15H17F2NO2/c16-15(17)20-12-5-3-11(4-6-12)18-14(19)13-8-9-1-2-10(13)7-9/h3-6,9-10,13,15H,1-2,7-8H2,(H,18,19). The van der Waals surface area contributed by atoms with Crippen LogP contribution in [0.25, 0.3) is 0 Å². The lowest BCUT2D eigenvalue weighted by Gasteiger charge is -2.20. The fraction of sp³-hybridized carbons (Fsp3) is 0.533. The Morgan fingerprint density at radius 3 is 2.50 bits per heavy atom. The van der Waals surface area contributed by atoms with Crippen molar-refractivity contribution in [3.05, 3.63) is 24.3 Å². The van der Waals surface area contributed by atoms with E-state index in [-0.39, 0.29) is 17.6 Å². The van der Waals surface area contributed by atoms with Gasteiger partial charge in [-0.25, -0.2) is 0 Å². The van der Waals surface area contributed by atoms with Gasteiger partial charge in [0, 0.05) is 11.6 Å². The third-order valence-corrected chi connectivity index (χ3v) is 4.42. The lowest BCUT2D eigenvalue weighted by molar-refractivity contribution is -0.121. The number of rotatable bonds is 4. The summed E-state index contributed by atoms with van der Waals surface area (Å²) in [5, 5.41) is 2.87. The molecule has 2 aliphatic rings. The summed E-state index contributed by atoms with van der Waals surface area (Å²) < 4.78 is 28.3. The number of benzene rings is 1. The fourth-order valence-electron chi connectivity index (χ4n) is 3.52. The highest BCUT2D eigenvalue weighted by Crippen LogP contribution is 2.48. The Labute approximate surface area is 116 Å². The minimum Gasteiger partial charge on any atom is -0.435 e. The molecule has 108 valence electrons. The van der Waals surface area contributed by atoms with Crippen LogP contribution in [0.5, 0.6) is 5.75 Å². The highest BCUT2D eigenvalue weighted by atomic mass is 19.3. The van der Waals surface area contributed by atoms with Crippen molar-refractivity contribution in [2.75, 3.05) is 5.32 Å². The van der Waals surface area contributed by atoms with E-state index < -0.39 is 6.61 Å². The summed E-state index contributed by atoms with van der Waals surface area (Å²) in [6.45, 7) is -2.83. The fourth-order valence-corrected chi connectivity index (χ4v) is 3.52. The molecule has 0 spiro atoms. The molecular formula is C15H17F2NO2. The van der Waals surface area contributed by atoms with Crippen LogP contribution in [0, 0.1) is 17.8 Å². The minimum atomic E-state index is -2.83. The number of ether oxygens (including phenoxy) is 1. The van der Waals surface area contributed by atoms with Gasteiger partial charge < -0.3 is 10.1 Å². The normalized spacial score (nSPS) is 27.9. The highest BCUT2D eigenvalue weighted by Gasteiger charge is 2.42. The van der Waals surface area contributed by atoms with Crippen LogP contribution in [0.15, 0.2) is 24.3 Å². The van der Waals surface area contributed by atoms with Crippen LogP contribution in [0.4, 0.5) is 14.5 Å². The van der Waals surface area contributed by atoms with Crippen LogP contribution in [0.1, 0.15) is 25.7 Å². The summed E-state index contributed by atoms with van der Waals surface area (Å²) in [4.78, 5) is 12.2. The lowest BCUT2D eigenvalue weighted by atomic mass is 9.88. The van der Waals surface area contributed by atoms with Gasteiger partial charge in [-0.15, -0.1) is 0 Å². The van der Waals surface area contributed by atoms with Crippen molar-refractivity contribution < 1.29 is 18.3 Å². The van der Waals surface area contributed by atoms with Crippen LogP contribution in [-0.4, -0.2) is 12.5 Å². The monoisotopic (exact) mass is 281 g/mol. The molecule has 5 heteroatoms. The van der Waals surface area contributed by atoms with E-state index in [2.05, 4.69) is 10.1 Å². The van der Waals surface area contributed by atoms with Gasteiger partial charge in [0.25, 0.3) is 0 Å². The van der Waals surface area contributed by atoms with Crippen LogP contribution >= 0.6 is 0 Å². The van der Waals surface area contributed by atoms with Gasteiger partial charge in [-0.2, -0.15) is 8.78 Å². The van der Waals surface area contributed by atoms with Crippen molar-refractivity contribution in [3.8, 4) is 5.75 Å². The first kappa shape index (κ1) is 13.3. The molecule has 3 rings (SSSR count). The molecule has 3 atom stereocenters. The lowest BCUT2D eigenvalue weighted by Crippen LogP contribution is -2.27. The molecule has 2 fully saturated rings. The van der Waals surface area contributed by atoms with Gasteiger partial charge in [0.1, 0.15) is 5.75 Å². The molecule has 2 aliphatic carbocycles. The number of amides is 1. The first-order chi connectivity index (χ1) is 9.61. The molecule has 2 saturated carbocycles. The minimum absolute atomic E-state index is 0.0553. The molecule has 1 aromatic rings. The van der Waals surface area contributed by atoms with Crippen molar-refractivity contribution in [2.45, 2.75) is 32.3 Å². The zero-order valence-electron chi connectivity index (χ0n) is 11.0. The van der Waals surface area contributed by atoms with Gasteiger partial charge in [0.15, 0.2) is 0 Å². The van der Waals surface area contributed by atoms with Crippen molar-refractivity contribution in [2.24, 2.45) is 17.8 Å². The highest BCUT2D eigenvalue weighted by molar-refractivity contribution is 5.93. The molecular weight excluding hydrogens is 264 g/mol. The summed E-state index contributed by atoms with van der Waals surface area (Å²) in [7, 11) is 0. The van der Waals surface area contributed by atoms with E-state index in [0.717, 1.165) is 18.8 Å². The molecule has 0 heterocycles.